The van der Waals surface area contributed by atoms with Crippen molar-refractivity contribution in [2.75, 3.05) is 20.1 Å². The van der Waals surface area contributed by atoms with Gasteiger partial charge < -0.3 is 4.74 Å². The van der Waals surface area contributed by atoms with Crippen molar-refractivity contribution >= 4 is 10.2 Å². The van der Waals surface area contributed by atoms with E-state index in [9.17, 15) is 8.42 Å². The van der Waals surface area contributed by atoms with Gasteiger partial charge in [-0.3, -0.25) is 0 Å². The van der Waals surface area contributed by atoms with Crippen molar-refractivity contribution in [3.05, 3.63) is 0 Å². The summed E-state index contributed by atoms with van der Waals surface area (Å²) < 4.78 is 31.9. The molecule has 1 aliphatic rings. The second-order valence-corrected chi connectivity index (χ2v) is 5.16. The first-order chi connectivity index (χ1) is 5.95. The first-order valence-electron chi connectivity index (χ1n) is 4.30. The number of hydrogen-bond donors (Lipinski definition) is 1. The second-order valence-electron chi connectivity index (χ2n) is 3.28. The van der Waals surface area contributed by atoms with Gasteiger partial charge in [0.05, 0.1) is 12.2 Å². The van der Waals surface area contributed by atoms with Crippen LogP contribution < -0.4 is 4.72 Å². The van der Waals surface area contributed by atoms with Crippen molar-refractivity contribution in [3.8, 4) is 0 Å². The standard InChI is InChI=1S/C7H16N2O3S/c1-6-4-9(5-7(2)12-6)13(10,11)8-3/h6-8H,4-5H2,1-3H3/t6-,7+. The third kappa shape index (κ3) is 2.63. The third-order valence-electron chi connectivity index (χ3n) is 1.98. The number of nitrogens with one attached hydrogen (secondary N) is 1. The predicted molar refractivity (Wildman–Crippen MR) is 49.6 cm³/mol. The van der Waals surface area contributed by atoms with Crippen LogP contribution in [0.2, 0.25) is 0 Å². The molecule has 0 unspecified atom stereocenters. The van der Waals surface area contributed by atoms with Crippen LogP contribution in [-0.4, -0.2) is 45.1 Å². The number of hydrogen-bond acceptors (Lipinski definition) is 3. The molecule has 0 amide bonds. The number of nitrogens with zero attached hydrogens (tertiary/aromatic N) is 1. The molecule has 0 aromatic heterocycles. The summed E-state index contributed by atoms with van der Waals surface area (Å²) in [6.45, 7) is 4.59. The Kier molecular flexibility index (Phi) is 3.28. The molecule has 0 aromatic carbocycles. The second kappa shape index (κ2) is 3.91. The Morgan fingerprint density at radius 3 is 2.15 bits per heavy atom. The van der Waals surface area contributed by atoms with Gasteiger partial charge in [-0.1, -0.05) is 0 Å². The molecule has 13 heavy (non-hydrogen) atoms. The third-order valence-corrected chi connectivity index (χ3v) is 3.48. The van der Waals surface area contributed by atoms with Crippen LogP contribution >= 0.6 is 0 Å². The van der Waals surface area contributed by atoms with Gasteiger partial charge in [0, 0.05) is 20.1 Å². The zero-order valence-electron chi connectivity index (χ0n) is 8.15. The summed E-state index contributed by atoms with van der Waals surface area (Å²) in [5, 5.41) is 0. The van der Waals surface area contributed by atoms with Crippen molar-refractivity contribution in [3.63, 3.8) is 0 Å². The molecular formula is C7H16N2O3S. The van der Waals surface area contributed by atoms with Gasteiger partial charge in [0.15, 0.2) is 0 Å². The van der Waals surface area contributed by atoms with Gasteiger partial charge in [0.25, 0.3) is 10.2 Å². The van der Waals surface area contributed by atoms with Crippen molar-refractivity contribution in [1.29, 1.82) is 0 Å². The molecule has 1 saturated heterocycles. The first kappa shape index (κ1) is 10.9. The molecule has 0 aromatic rings. The minimum atomic E-state index is -3.28. The van der Waals surface area contributed by atoms with Crippen LogP contribution in [0.5, 0.6) is 0 Å². The van der Waals surface area contributed by atoms with E-state index < -0.39 is 10.2 Å². The summed E-state index contributed by atoms with van der Waals surface area (Å²) in [7, 11) is -1.87. The predicted octanol–water partition coefficient (Wildman–Crippen LogP) is -0.440. The SMILES string of the molecule is CNS(=O)(=O)N1C[C@@H](C)O[C@@H](C)C1. The van der Waals surface area contributed by atoms with Crippen molar-refractivity contribution < 1.29 is 13.2 Å². The monoisotopic (exact) mass is 208 g/mol. The van der Waals surface area contributed by atoms with Crippen LogP contribution in [0.25, 0.3) is 0 Å². The smallest absolute Gasteiger partial charge is 0.279 e. The largest absolute Gasteiger partial charge is 0.373 e. The summed E-state index contributed by atoms with van der Waals surface area (Å²) in [6.07, 6.45) is -0.0706. The molecular weight excluding hydrogens is 192 g/mol. The zero-order chi connectivity index (χ0) is 10.1. The molecule has 0 spiro atoms. The zero-order valence-corrected chi connectivity index (χ0v) is 8.97. The Labute approximate surface area is 79.2 Å². The maximum absolute atomic E-state index is 11.4. The highest BCUT2D eigenvalue weighted by Gasteiger charge is 2.29. The Balaban J connectivity index is 2.71. The van der Waals surface area contributed by atoms with E-state index in [0.29, 0.717) is 13.1 Å². The van der Waals surface area contributed by atoms with Crippen LogP contribution in [0.3, 0.4) is 0 Å². The molecule has 1 heterocycles. The van der Waals surface area contributed by atoms with Gasteiger partial charge in [-0.15, -0.1) is 0 Å². The molecule has 0 radical (unpaired) electrons. The molecule has 0 aliphatic carbocycles. The van der Waals surface area contributed by atoms with E-state index in [1.54, 1.807) is 0 Å². The molecule has 2 atom stereocenters. The normalized spacial score (nSPS) is 31.9. The van der Waals surface area contributed by atoms with Crippen LogP contribution in [0.15, 0.2) is 0 Å². The van der Waals surface area contributed by atoms with E-state index >= 15 is 0 Å². The van der Waals surface area contributed by atoms with Crippen LogP contribution in [0.1, 0.15) is 13.8 Å². The maximum Gasteiger partial charge on any atom is 0.279 e. The summed E-state index contributed by atoms with van der Waals surface area (Å²) in [5.74, 6) is 0. The number of ether oxygens (including phenoxy) is 1. The van der Waals surface area contributed by atoms with Crippen molar-refractivity contribution in [2.45, 2.75) is 26.1 Å². The summed E-state index contributed by atoms with van der Waals surface area (Å²) in [6, 6.07) is 0. The first-order valence-corrected chi connectivity index (χ1v) is 5.74. The van der Waals surface area contributed by atoms with E-state index in [1.807, 2.05) is 13.8 Å². The van der Waals surface area contributed by atoms with E-state index in [0.717, 1.165) is 0 Å². The fourth-order valence-electron chi connectivity index (χ4n) is 1.46. The fourth-order valence-corrected chi connectivity index (χ4v) is 2.53. The lowest BCUT2D eigenvalue weighted by molar-refractivity contribution is -0.0443. The average Bonchev–Trinajstić information content (AvgIpc) is 2.02. The summed E-state index contributed by atoms with van der Waals surface area (Å²) in [5.41, 5.74) is 0. The van der Waals surface area contributed by atoms with Gasteiger partial charge in [0.1, 0.15) is 0 Å². The molecule has 1 rings (SSSR count). The Morgan fingerprint density at radius 2 is 1.77 bits per heavy atom. The quantitative estimate of drug-likeness (QED) is 0.669. The Morgan fingerprint density at radius 1 is 1.31 bits per heavy atom. The van der Waals surface area contributed by atoms with Gasteiger partial charge in [-0.25, -0.2) is 4.72 Å². The molecule has 0 bridgehead atoms. The van der Waals surface area contributed by atoms with Crippen molar-refractivity contribution in [1.82, 2.24) is 9.03 Å². The van der Waals surface area contributed by atoms with E-state index in [1.165, 1.54) is 11.4 Å². The lowest BCUT2D eigenvalue weighted by Crippen LogP contribution is -2.51. The molecule has 6 heteroatoms. The van der Waals surface area contributed by atoms with Crippen LogP contribution in [0, 0.1) is 0 Å². The highest BCUT2D eigenvalue weighted by Crippen LogP contribution is 2.12. The lowest BCUT2D eigenvalue weighted by Gasteiger charge is -2.33. The van der Waals surface area contributed by atoms with E-state index in [-0.39, 0.29) is 12.2 Å². The highest BCUT2D eigenvalue weighted by atomic mass is 32.2. The fraction of sp³-hybridized carbons (Fsp3) is 1.00. The minimum Gasteiger partial charge on any atom is -0.373 e. The average molecular weight is 208 g/mol. The molecule has 5 nitrogen and oxygen atoms in total. The molecule has 1 aliphatic heterocycles. The van der Waals surface area contributed by atoms with Crippen LogP contribution in [-0.2, 0) is 14.9 Å². The van der Waals surface area contributed by atoms with Crippen molar-refractivity contribution in [2.24, 2.45) is 0 Å². The van der Waals surface area contributed by atoms with Crippen LogP contribution in [0.4, 0.5) is 0 Å². The molecule has 78 valence electrons. The Hall–Kier alpha value is -0.170. The molecule has 1 fully saturated rings. The van der Waals surface area contributed by atoms with Gasteiger partial charge >= 0.3 is 0 Å². The molecule has 1 N–H and O–H groups in total. The van der Waals surface area contributed by atoms with E-state index in [2.05, 4.69) is 4.72 Å². The van der Waals surface area contributed by atoms with Gasteiger partial charge in [0.2, 0.25) is 0 Å². The minimum absolute atomic E-state index is 0.0353. The lowest BCUT2D eigenvalue weighted by atomic mass is 10.3. The van der Waals surface area contributed by atoms with Gasteiger partial charge in [-0.2, -0.15) is 12.7 Å². The highest BCUT2D eigenvalue weighted by molar-refractivity contribution is 7.87. The molecule has 0 saturated carbocycles. The summed E-state index contributed by atoms with van der Waals surface area (Å²) in [4.78, 5) is 0. The number of morpholine rings is 1. The van der Waals surface area contributed by atoms with Gasteiger partial charge in [-0.05, 0) is 13.8 Å². The number of rotatable bonds is 2. The maximum atomic E-state index is 11.4. The topological polar surface area (TPSA) is 58.6 Å². The van der Waals surface area contributed by atoms with E-state index in [4.69, 9.17) is 4.74 Å². The Bertz CT molecular complexity index is 255. The summed E-state index contributed by atoms with van der Waals surface area (Å²) >= 11 is 0.